The Morgan fingerprint density at radius 3 is 2.55 bits per heavy atom. The maximum Gasteiger partial charge on any atom is 0.243 e. The smallest absolute Gasteiger partial charge is 0.243 e. The van der Waals surface area contributed by atoms with Crippen LogP contribution < -0.4 is 16.0 Å². The third kappa shape index (κ3) is 3.58. The molecule has 0 aliphatic rings. The van der Waals surface area contributed by atoms with E-state index in [-0.39, 0.29) is 5.91 Å². The van der Waals surface area contributed by atoms with Crippen molar-refractivity contribution in [1.82, 2.24) is 0 Å². The highest BCUT2D eigenvalue weighted by Gasteiger charge is 2.13. The number of nitrogens with zero attached hydrogens (tertiary/aromatic N) is 1. The van der Waals surface area contributed by atoms with E-state index in [0.29, 0.717) is 12.2 Å². The molecule has 116 valence electrons. The number of hydrogen-bond acceptors (Lipinski definition) is 3. The van der Waals surface area contributed by atoms with Gasteiger partial charge in [0.25, 0.3) is 0 Å². The van der Waals surface area contributed by atoms with Crippen LogP contribution in [0.15, 0.2) is 42.5 Å². The van der Waals surface area contributed by atoms with Crippen LogP contribution in [0.4, 0.5) is 17.1 Å². The zero-order chi connectivity index (χ0) is 16.1. The van der Waals surface area contributed by atoms with Gasteiger partial charge in [-0.05, 0) is 50.1 Å². The third-order valence-electron chi connectivity index (χ3n) is 3.82. The molecule has 0 aliphatic heterocycles. The van der Waals surface area contributed by atoms with Gasteiger partial charge in [-0.1, -0.05) is 24.3 Å². The molecule has 0 radical (unpaired) electrons. The molecule has 1 amide bonds. The summed E-state index contributed by atoms with van der Waals surface area (Å²) in [6, 6.07) is 13.6. The van der Waals surface area contributed by atoms with Gasteiger partial charge in [-0.3, -0.25) is 4.79 Å². The molecule has 22 heavy (non-hydrogen) atoms. The molecule has 4 heteroatoms. The van der Waals surface area contributed by atoms with Gasteiger partial charge in [-0.25, -0.2) is 0 Å². The van der Waals surface area contributed by atoms with Crippen LogP contribution >= 0.6 is 0 Å². The Bertz CT molecular complexity index is 667. The number of carbonyl (C=O) groups is 1. The Kier molecular flexibility index (Phi) is 5.04. The fourth-order valence-corrected chi connectivity index (χ4v) is 2.44. The summed E-state index contributed by atoms with van der Waals surface area (Å²) in [6.07, 6.45) is 0. The quantitative estimate of drug-likeness (QED) is 0.832. The standard InChI is InChI=1S/C18H23N3O/c1-4-21(17-11-6-5-8-13(17)2)12-18(22)20-16-10-7-9-15(19)14(16)3/h5-11H,4,12,19H2,1-3H3,(H,20,22). The van der Waals surface area contributed by atoms with Crippen molar-refractivity contribution in [3.63, 3.8) is 0 Å². The van der Waals surface area contributed by atoms with E-state index in [1.165, 1.54) is 0 Å². The second kappa shape index (κ2) is 6.98. The molecule has 0 heterocycles. The summed E-state index contributed by atoms with van der Waals surface area (Å²) in [7, 11) is 0. The Morgan fingerprint density at radius 1 is 1.14 bits per heavy atom. The van der Waals surface area contributed by atoms with Crippen LogP contribution in [0.5, 0.6) is 0 Å². The molecular formula is C18H23N3O. The van der Waals surface area contributed by atoms with Crippen LogP contribution in [0.3, 0.4) is 0 Å². The number of rotatable bonds is 5. The average Bonchev–Trinajstić information content (AvgIpc) is 2.50. The first-order chi connectivity index (χ1) is 10.5. The lowest BCUT2D eigenvalue weighted by atomic mass is 10.1. The maximum atomic E-state index is 12.3. The fourth-order valence-electron chi connectivity index (χ4n) is 2.44. The Balaban J connectivity index is 2.10. The predicted octanol–water partition coefficient (Wildman–Crippen LogP) is 3.35. The molecule has 0 aliphatic carbocycles. The van der Waals surface area contributed by atoms with Crippen molar-refractivity contribution in [3.8, 4) is 0 Å². The minimum atomic E-state index is -0.0428. The summed E-state index contributed by atoms with van der Waals surface area (Å²) < 4.78 is 0. The highest BCUT2D eigenvalue weighted by Crippen LogP contribution is 2.21. The van der Waals surface area contributed by atoms with Crippen molar-refractivity contribution in [2.75, 3.05) is 29.0 Å². The lowest BCUT2D eigenvalue weighted by molar-refractivity contribution is -0.115. The van der Waals surface area contributed by atoms with Crippen molar-refractivity contribution >= 4 is 23.0 Å². The molecular weight excluding hydrogens is 274 g/mol. The summed E-state index contributed by atoms with van der Waals surface area (Å²) in [5, 5.41) is 2.94. The van der Waals surface area contributed by atoms with Gasteiger partial charge < -0.3 is 16.0 Å². The zero-order valence-corrected chi connectivity index (χ0v) is 13.4. The van der Waals surface area contributed by atoms with Gasteiger partial charge in [-0.15, -0.1) is 0 Å². The van der Waals surface area contributed by atoms with E-state index in [4.69, 9.17) is 5.73 Å². The summed E-state index contributed by atoms with van der Waals surface area (Å²) in [6.45, 7) is 7.09. The van der Waals surface area contributed by atoms with Crippen LogP contribution in [0.2, 0.25) is 0 Å². The van der Waals surface area contributed by atoms with Crippen molar-refractivity contribution in [2.45, 2.75) is 20.8 Å². The molecule has 4 nitrogen and oxygen atoms in total. The number of nitrogens with two attached hydrogens (primary N) is 1. The molecule has 0 fully saturated rings. The highest BCUT2D eigenvalue weighted by molar-refractivity contribution is 5.95. The number of carbonyl (C=O) groups excluding carboxylic acids is 1. The summed E-state index contributed by atoms with van der Waals surface area (Å²) in [5.41, 5.74) is 10.5. The number of aryl methyl sites for hydroxylation is 1. The van der Waals surface area contributed by atoms with Crippen molar-refractivity contribution in [1.29, 1.82) is 0 Å². The lowest BCUT2D eigenvalue weighted by Gasteiger charge is -2.24. The van der Waals surface area contributed by atoms with Crippen molar-refractivity contribution < 1.29 is 4.79 Å². The zero-order valence-electron chi connectivity index (χ0n) is 13.4. The molecule has 0 aromatic heterocycles. The average molecular weight is 297 g/mol. The van der Waals surface area contributed by atoms with Crippen LogP contribution in [0, 0.1) is 13.8 Å². The van der Waals surface area contributed by atoms with E-state index in [0.717, 1.165) is 29.0 Å². The van der Waals surface area contributed by atoms with Crippen LogP contribution in [0.25, 0.3) is 0 Å². The molecule has 0 unspecified atom stereocenters. The summed E-state index contributed by atoms with van der Waals surface area (Å²) in [4.78, 5) is 14.4. The number of nitrogens with one attached hydrogen (secondary N) is 1. The topological polar surface area (TPSA) is 58.4 Å². The molecule has 0 bridgehead atoms. The van der Waals surface area contributed by atoms with E-state index in [1.54, 1.807) is 0 Å². The molecule has 2 aromatic rings. The third-order valence-corrected chi connectivity index (χ3v) is 3.82. The summed E-state index contributed by atoms with van der Waals surface area (Å²) in [5.74, 6) is -0.0428. The number of anilines is 3. The van der Waals surface area contributed by atoms with E-state index < -0.39 is 0 Å². The van der Waals surface area contributed by atoms with Crippen molar-refractivity contribution in [2.24, 2.45) is 0 Å². The van der Waals surface area contributed by atoms with E-state index >= 15 is 0 Å². The predicted molar refractivity (Wildman–Crippen MR) is 93.3 cm³/mol. The van der Waals surface area contributed by atoms with E-state index in [1.807, 2.05) is 50.2 Å². The second-order valence-electron chi connectivity index (χ2n) is 5.37. The first-order valence-electron chi connectivity index (χ1n) is 7.48. The van der Waals surface area contributed by atoms with Crippen molar-refractivity contribution in [3.05, 3.63) is 53.6 Å². The van der Waals surface area contributed by atoms with Gasteiger partial charge in [0, 0.05) is 23.6 Å². The number of hydrogen-bond donors (Lipinski definition) is 2. The number of likely N-dealkylation sites (N-methyl/N-ethyl adjacent to an activating group) is 1. The van der Waals surface area contributed by atoms with Gasteiger partial charge in [-0.2, -0.15) is 0 Å². The van der Waals surface area contributed by atoms with Gasteiger partial charge in [0.1, 0.15) is 0 Å². The maximum absolute atomic E-state index is 12.3. The SMILES string of the molecule is CCN(CC(=O)Nc1cccc(N)c1C)c1ccccc1C. The van der Waals surface area contributed by atoms with Crippen LogP contribution in [0.1, 0.15) is 18.1 Å². The molecule has 3 N–H and O–H groups in total. The first-order valence-corrected chi connectivity index (χ1v) is 7.48. The molecule has 2 rings (SSSR count). The van der Waals surface area contributed by atoms with Gasteiger partial charge in [0.2, 0.25) is 5.91 Å². The Hall–Kier alpha value is -2.49. The fraction of sp³-hybridized carbons (Fsp3) is 0.278. The molecule has 0 saturated heterocycles. The largest absolute Gasteiger partial charge is 0.398 e. The summed E-state index contributed by atoms with van der Waals surface area (Å²) >= 11 is 0. The van der Waals surface area contributed by atoms with E-state index in [9.17, 15) is 4.79 Å². The van der Waals surface area contributed by atoms with E-state index in [2.05, 4.69) is 23.2 Å². The number of amides is 1. The van der Waals surface area contributed by atoms with Crippen LogP contribution in [-0.4, -0.2) is 19.0 Å². The lowest BCUT2D eigenvalue weighted by Crippen LogP contribution is -2.33. The Labute approximate surface area is 131 Å². The van der Waals surface area contributed by atoms with Gasteiger partial charge >= 0.3 is 0 Å². The number of benzene rings is 2. The normalized spacial score (nSPS) is 10.3. The molecule has 2 aromatic carbocycles. The minimum Gasteiger partial charge on any atom is -0.398 e. The second-order valence-corrected chi connectivity index (χ2v) is 5.37. The van der Waals surface area contributed by atoms with Gasteiger partial charge in [0.15, 0.2) is 0 Å². The minimum absolute atomic E-state index is 0.0428. The molecule has 0 saturated carbocycles. The van der Waals surface area contributed by atoms with Crippen LogP contribution in [-0.2, 0) is 4.79 Å². The molecule has 0 spiro atoms. The molecule has 0 atom stereocenters. The highest BCUT2D eigenvalue weighted by atomic mass is 16.2. The first kappa shape index (κ1) is 15.9. The number of nitrogen functional groups attached to an aromatic ring is 1. The van der Waals surface area contributed by atoms with Gasteiger partial charge in [0.05, 0.1) is 6.54 Å². The monoisotopic (exact) mass is 297 g/mol. The Morgan fingerprint density at radius 2 is 1.86 bits per heavy atom. The number of para-hydroxylation sites is 1.